The summed E-state index contributed by atoms with van der Waals surface area (Å²) in [5.41, 5.74) is 2.38. The Labute approximate surface area is 159 Å². The zero-order chi connectivity index (χ0) is 18.1. The van der Waals surface area contributed by atoms with Crippen molar-refractivity contribution in [2.75, 3.05) is 13.1 Å². The molecule has 4 aliphatic rings. The minimum atomic E-state index is -0.142. The van der Waals surface area contributed by atoms with Gasteiger partial charge in [0.15, 0.2) is 5.66 Å². The molecule has 0 spiro atoms. The van der Waals surface area contributed by atoms with Crippen molar-refractivity contribution >= 4 is 6.21 Å². The highest BCUT2D eigenvalue weighted by Crippen LogP contribution is 2.61. The zero-order valence-corrected chi connectivity index (χ0v) is 15.7. The lowest BCUT2D eigenvalue weighted by molar-refractivity contribution is 0.153. The Morgan fingerprint density at radius 3 is 3.04 bits per heavy atom. The number of likely N-dealkylation sites (tertiary alicyclic amines) is 1. The van der Waals surface area contributed by atoms with Crippen LogP contribution in [-0.4, -0.2) is 39.4 Å². The van der Waals surface area contributed by atoms with Crippen LogP contribution >= 0.6 is 0 Å². The first-order valence-electron chi connectivity index (χ1n) is 10.1. The van der Waals surface area contributed by atoms with Crippen LogP contribution < -0.4 is 5.32 Å². The first kappa shape index (κ1) is 15.6. The highest BCUT2D eigenvalue weighted by Gasteiger charge is 2.72. The number of piperidine rings is 1. The molecule has 2 aromatic rings. The van der Waals surface area contributed by atoms with E-state index in [1.165, 1.54) is 17.8 Å². The fourth-order valence-corrected chi connectivity index (χ4v) is 5.37. The van der Waals surface area contributed by atoms with Crippen molar-refractivity contribution in [1.82, 2.24) is 19.8 Å². The SMILES string of the molecule is C[C@@H]1CCN(Cc2ccccc2)C[C@@H]1c1ncc2n1C13C=CNC1(C3)N=C2. The number of imidazole rings is 1. The average Bonchev–Trinajstić information content (AvgIpc) is 2.99. The summed E-state index contributed by atoms with van der Waals surface area (Å²) < 4.78 is 2.49. The predicted molar refractivity (Wildman–Crippen MR) is 106 cm³/mol. The normalized spacial score (nSPS) is 36.0. The number of fused-ring (bicyclic) bond motifs is 1. The van der Waals surface area contributed by atoms with Gasteiger partial charge in [-0.3, -0.25) is 9.89 Å². The molecule has 5 heteroatoms. The molecule has 1 aromatic carbocycles. The van der Waals surface area contributed by atoms with Gasteiger partial charge in [0.1, 0.15) is 11.4 Å². The topological polar surface area (TPSA) is 45.5 Å². The van der Waals surface area contributed by atoms with Crippen LogP contribution in [0.2, 0.25) is 0 Å². The van der Waals surface area contributed by atoms with Gasteiger partial charge in [0, 0.05) is 31.6 Å². The number of aliphatic imine (C=N–C) groups is 1. The van der Waals surface area contributed by atoms with Gasteiger partial charge in [0.25, 0.3) is 0 Å². The molecule has 1 N–H and O–H groups in total. The molecular formula is C22H25N5. The molecule has 1 saturated carbocycles. The van der Waals surface area contributed by atoms with E-state index in [0.717, 1.165) is 31.7 Å². The Balaban J connectivity index is 1.33. The maximum absolute atomic E-state index is 4.93. The first-order chi connectivity index (χ1) is 13.2. The van der Waals surface area contributed by atoms with Gasteiger partial charge in [0.05, 0.1) is 11.9 Å². The third-order valence-electron chi connectivity index (χ3n) is 7.05. The van der Waals surface area contributed by atoms with Crippen molar-refractivity contribution in [1.29, 1.82) is 0 Å². The van der Waals surface area contributed by atoms with E-state index >= 15 is 0 Å². The van der Waals surface area contributed by atoms with Crippen molar-refractivity contribution < 1.29 is 0 Å². The Morgan fingerprint density at radius 2 is 2.15 bits per heavy atom. The molecule has 0 amide bonds. The summed E-state index contributed by atoms with van der Waals surface area (Å²) in [7, 11) is 0. The van der Waals surface area contributed by atoms with Crippen LogP contribution in [0.4, 0.5) is 0 Å². The number of aromatic nitrogens is 2. The Bertz CT molecular complexity index is 945. The van der Waals surface area contributed by atoms with Gasteiger partial charge in [-0.15, -0.1) is 0 Å². The Hall–Kier alpha value is -2.40. The quantitative estimate of drug-likeness (QED) is 0.917. The molecule has 4 atom stereocenters. The lowest BCUT2D eigenvalue weighted by atomic mass is 9.85. The number of nitrogens with one attached hydrogen (secondary N) is 1. The summed E-state index contributed by atoms with van der Waals surface area (Å²) in [5, 5.41) is 3.48. The molecule has 3 aliphatic heterocycles. The monoisotopic (exact) mass is 359 g/mol. The number of hydrogen-bond acceptors (Lipinski definition) is 4. The van der Waals surface area contributed by atoms with E-state index < -0.39 is 0 Å². The van der Waals surface area contributed by atoms with E-state index in [-0.39, 0.29) is 11.2 Å². The molecule has 1 saturated heterocycles. The lowest BCUT2D eigenvalue weighted by Crippen LogP contribution is -2.41. The van der Waals surface area contributed by atoms with E-state index in [2.05, 4.69) is 64.3 Å². The van der Waals surface area contributed by atoms with Crippen LogP contribution in [0.25, 0.3) is 0 Å². The van der Waals surface area contributed by atoms with Crippen molar-refractivity contribution in [3.63, 3.8) is 0 Å². The molecule has 2 unspecified atom stereocenters. The summed E-state index contributed by atoms with van der Waals surface area (Å²) >= 11 is 0. The summed E-state index contributed by atoms with van der Waals surface area (Å²) in [5.74, 6) is 2.35. The molecule has 5 nitrogen and oxygen atoms in total. The molecular weight excluding hydrogens is 334 g/mol. The molecule has 4 heterocycles. The average molecular weight is 359 g/mol. The largest absolute Gasteiger partial charge is 0.365 e. The van der Waals surface area contributed by atoms with Crippen molar-refractivity contribution in [2.24, 2.45) is 10.9 Å². The van der Waals surface area contributed by atoms with E-state index in [9.17, 15) is 0 Å². The van der Waals surface area contributed by atoms with E-state index in [1.54, 1.807) is 0 Å². The van der Waals surface area contributed by atoms with E-state index in [4.69, 9.17) is 9.98 Å². The molecule has 27 heavy (non-hydrogen) atoms. The van der Waals surface area contributed by atoms with Crippen LogP contribution in [0, 0.1) is 5.92 Å². The summed E-state index contributed by atoms with van der Waals surface area (Å²) in [6.45, 7) is 5.65. The molecule has 1 aliphatic carbocycles. The van der Waals surface area contributed by atoms with Gasteiger partial charge in [-0.2, -0.15) is 0 Å². The molecule has 2 fully saturated rings. The Morgan fingerprint density at radius 1 is 1.26 bits per heavy atom. The van der Waals surface area contributed by atoms with Crippen molar-refractivity contribution in [3.8, 4) is 0 Å². The predicted octanol–water partition coefficient (Wildman–Crippen LogP) is 2.85. The third-order valence-corrected chi connectivity index (χ3v) is 7.05. The molecule has 0 radical (unpaired) electrons. The summed E-state index contributed by atoms with van der Waals surface area (Å²) in [6, 6.07) is 10.8. The number of hydrogen-bond donors (Lipinski definition) is 1. The number of benzene rings is 1. The van der Waals surface area contributed by atoms with Gasteiger partial charge in [-0.1, -0.05) is 37.3 Å². The van der Waals surface area contributed by atoms with Crippen LogP contribution in [0.3, 0.4) is 0 Å². The molecule has 6 rings (SSSR count). The summed E-state index contributed by atoms with van der Waals surface area (Å²) in [4.78, 5) is 12.3. The fraction of sp³-hybridized carbons (Fsp3) is 0.455. The van der Waals surface area contributed by atoms with Gasteiger partial charge in [0.2, 0.25) is 0 Å². The fourth-order valence-electron chi connectivity index (χ4n) is 5.37. The number of rotatable bonds is 3. The smallest absolute Gasteiger partial charge is 0.159 e. The minimum Gasteiger partial charge on any atom is -0.365 e. The highest BCUT2D eigenvalue weighted by molar-refractivity contribution is 5.81. The second-order valence-corrected chi connectivity index (χ2v) is 8.67. The van der Waals surface area contributed by atoms with Crippen LogP contribution in [-0.2, 0) is 12.1 Å². The molecule has 1 aromatic heterocycles. The second kappa shape index (κ2) is 5.32. The second-order valence-electron chi connectivity index (χ2n) is 8.67. The van der Waals surface area contributed by atoms with Gasteiger partial charge in [-0.25, -0.2) is 4.98 Å². The Kier molecular flexibility index (Phi) is 3.08. The van der Waals surface area contributed by atoms with Gasteiger partial charge >= 0.3 is 0 Å². The standard InChI is InChI=1S/C22H25N5/c1-16-7-10-26(13-17-5-3-2-4-6-17)14-19(16)20-23-11-18-12-25-22-15-21(22,27(18)20)8-9-24-22/h2-6,8-9,11-12,16,19,24H,7,10,13-15H2,1H3/t16-,19+,21?,22?/m1/s1. The molecule has 138 valence electrons. The third kappa shape index (κ3) is 2.09. The molecule has 0 bridgehead atoms. The summed E-state index contributed by atoms with van der Waals surface area (Å²) in [6.07, 6.45) is 10.7. The van der Waals surface area contributed by atoms with Crippen molar-refractivity contribution in [2.45, 2.75) is 43.4 Å². The maximum Gasteiger partial charge on any atom is 0.159 e. The van der Waals surface area contributed by atoms with Gasteiger partial charge in [-0.05, 0) is 36.7 Å². The maximum atomic E-state index is 4.93. The van der Waals surface area contributed by atoms with Crippen LogP contribution in [0.15, 0.2) is 53.8 Å². The lowest BCUT2D eigenvalue weighted by Gasteiger charge is -2.38. The zero-order valence-electron chi connectivity index (χ0n) is 15.7. The van der Waals surface area contributed by atoms with Crippen LogP contribution in [0.1, 0.15) is 42.8 Å². The van der Waals surface area contributed by atoms with Gasteiger partial charge < -0.3 is 9.88 Å². The highest BCUT2D eigenvalue weighted by atomic mass is 15.4. The number of nitrogens with zero attached hydrogens (tertiary/aromatic N) is 4. The van der Waals surface area contributed by atoms with Crippen molar-refractivity contribution in [3.05, 3.63) is 65.9 Å². The van der Waals surface area contributed by atoms with Crippen LogP contribution in [0.5, 0.6) is 0 Å². The van der Waals surface area contributed by atoms with E-state index in [0.29, 0.717) is 11.8 Å². The minimum absolute atomic E-state index is 0.0235. The van der Waals surface area contributed by atoms with E-state index in [1.807, 2.05) is 12.4 Å². The first-order valence-corrected chi connectivity index (χ1v) is 10.1.